The van der Waals surface area contributed by atoms with Gasteiger partial charge in [0.1, 0.15) is 5.75 Å². The van der Waals surface area contributed by atoms with E-state index >= 15 is 0 Å². The molecular formula is C17H17N3O3. The fraction of sp³-hybridized carbons (Fsp3) is 0.235. The maximum absolute atomic E-state index is 12.1. The number of hydrogen-bond donors (Lipinski definition) is 1. The number of likely N-dealkylation sites (N-methyl/N-ethyl adjacent to an activating group) is 1. The lowest BCUT2D eigenvalue weighted by atomic mass is 10.1. The summed E-state index contributed by atoms with van der Waals surface area (Å²) in [4.78, 5) is 29.6. The molecule has 0 aliphatic carbocycles. The smallest absolute Gasteiger partial charge is 0.267 e. The monoisotopic (exact) mass is 311 g/mol. The second kappa shape index (κ2) is 6.08. The van der Waals surface area contributed by atoms with E-state index in [1.54, 1.807) is 55.5 Å². The van der Waals surface area contributed by atoms with E-state index in [1.807, 2.05) is 6.07 Å². The summed E-state index contributed by atoms with van der Waals surface area (Å²) in [6.07, 6.45) is 3.07. The van der Waals surface area contributed by atoms with Crippen molar-refractivity contribution in [3.8, 4) is 5.75 Å². The zero-order valence-electron chi connectivity index (χ0n) is 12.9. The highest BCUT2D eigenvalue weighted by atomic mass is 16.5. The van der Waals surface area contributed by atoms with Gasteiger partial charge in [-0.05, 0) is 36.8 Å². The van der Waals surface area contributed by atoms with Crippen molar-refractivity contribution < 1.29 is 14.3 Å². The molecule has 1 aromatic carbocycles. The lowest BCUT2D eigenvalue weighted by Gasteiger charge is -2.30. The first-order chi connectivity index (χ1) is 11.0. The summed E-state index contributed by atoms with van der Waals surface area (Å²) < 4.78 is 5.56. The van der Waals surface area contributed by atoms with Crippen LogP contribution < -0.4 is 15.0 Å². The number of nitrogens with zero attached hydrogens (tertiary/aromatic N) is 2. The van der Waals surface area contributed by atoms with Crippen LogP contribution in [0.4, 0.5) is 11.4 Å². The molecule has 1 atom stereocenters. The van der Waals surface area contributed by atoms with E-state index < -0.39 is 6.10 Å². The fourth-order valence-electron chi connectivity index (χ4n) is 2.48. The SMILES string of the molecule is CC1Oc2ccc(NC(=O)Cc3cccnc3)cc2N(C)C1=O. The van der Waals surface area contributed by atoms with Crippen LogP contribution in [0.2, 0.25) is 0 Å². The number of anilines is 2. The van der Waals surface area contributed by atoms with E-state index in [-0.39, 0.29) is 18.2 Å². The van der Waals surface area contributed by atoms with Crippen LogP contribution in [0.15, 0.2) is 42.7 Å². The Morgan fingerprint density at radius 1 is 1.39 bits per heavy atom. The highest BCUT2D eigenvalue weighted by Crippen LogP contribution is 2.35. The van der Waals surface area contributed by atoms with Crippen LogP contribution in [-0.2, 0) is 16.0 Å². The lowest BCUT2D eigenvalue weighted by Crippen LogP contribution is -2.42. The van der Waals surface area contributed by atoms with Gasteiger partial charge in [0.25, 0.3) is 5.91 Å². The summed E-state index contributed by atoms with van der Waals surface area (Å²) in [5, 5.41) is 2.83. The third kappa shape index (κ3) is 3.15. The van der Waals surface area contributed by atoms with Crippen LogP contribution in [0.1, 0.15) is 12.5 Å². The van der Waals surface area contributed by atoms with Gasteiger partial charge in [0, 0.05) is 25.1 Å². The number of amides is 2. The molecule has 1 aliphatic heterocycles. The Morgan fingerprint density at radius 3 is 2.96 bits per heavy atom. The summed E-state index contributed by atoms with van der Waals surface area (Å²) in [6.45, 7) is 1.71. The van der Waals surface area contributed by atoms with Crippen molar-refractivity contribution in [1.82, 2.24) is 4.98 Å². The van der Waals surface area contributed by atoms with Crippen molar-refractivity contribution in [3.63, 3.8) is 0 Å². The molecule has 1 N–H and O–H groups in total. The van der Waals surface area contributed by atoms with Gasteiger partial charge in [-0.2, -0.15) is 0 Å². The zero-order chi connectivity index (χ0) is 16.4. The number of hydrogen-bond acceptors (Lipinski definition) is 4. The molecule has 1 unspecified atom stereocenters. The number of aromatic nitrogens is 1. The molecule has 6 nitrogen and oxygen atoms in total. The third-order valence-corrected chi connectivity index (χ3v) is 3.67. The predicted octanol–water partition coefficient (Wildman–Crippen LogP) is 2.01. The Balaban J connectivity index is 1.75. The molecule has 0 spiro atoms. The van der Waals surface area contributed by atoms with Crippen LogP contribution in [0.25, 0.3) is 0 Å². The fourth-order valence-corrected chi connectivity index (χ4v) is 2.48. The summed E-state index contributed by atoms with van der Waals surface area (Å²) >= 11 is 0. The quantitative estimate of drug-likeness (QED) is 0.941. The molecule has 0 fully saturated rings. The topological polar surface area (TPSA) is 71.5 Å². The van der Waals surface area contributed by atoms with Gasteiger partial charge in [0.05, 0.1) is 12.1 Å². The first-order valence-corrected chi connectivity index (χ1v) is 7.31. The summed E-state index contributed by atoms with van der Waals surface area (Å²) in [5.41, 5.74) is 2.11. The Kier molecular flexibility index (Phi) is 3.97. The number of carbonyl (C=O) groups excluding carboxylic acids is 2. The van der Waals surface area contributed by atoms with Crippen molar-refractivity contribution in [2.24, 2.45) is 0 Å². The molecule has 6 heteroatoms. The molecule has 2 amide bonds. The van der Waals surface area contributed by atoms with Crippen molar-refractivity contribution in [1.29, 1.82) is 0 Å². The standard InChI is InChI=1S/C17H17N3O3/c1-11-17(22)20(2)14-9-13(5-6-15(14)23-11)19-16(21)8-12-4-3-7-18-10-12/h3-7,9-11H,8H2,1-2H3,(H,19,21). The molecular weight excluding hydrogens is 294 g/mol. The third-order valence-electron chi connectivity index (χ3n) is 3.67. The molecule has 0 saturated carbocycles. The van der Waals surface area contributed by atoms with Crippen molar-refractivity contribution >= 4 is 23.2 Å². The second-order valence-electron chi connectivity index (χ2n) is 5.43. The van der Waals surface area contributed by atoms with Crippen LogP contribution in [0.5, 0.6) is 5.75 Å². The predicted molar refractivity (Wildman–Crippen MR) is 86.5 cm³/mol. The average Bonchev–Trinajstić information content (AvgIpc) is 2.54. The molecule has 2 aromatic rings. The number of pyridine rings is 1. The van der Waals surface area contributed by atoms with Gasteiger partial charge in [-0.25, -0.2) is 0 Å². The zero-order valence-corrected chi connectivity index (χ0v) is 12.9. The van der Waals surface area contributed by atoms with E-state index in [0.29, 0.717) is 17.1 Å². The summed E-state index contributed by atoms with van der Waals surface area (Å²) in [5.74, 6) is 0.373. The van der Waals surface area contributed by atoms with E-state index in [2.05, 4.69) is 10.3 Å². The van der Waals surface area contributed by atoms with Crippen molar-refractivity contribution in [3.05, 3.63) is 48.3 Å². The minimum Gasteiger partial charge on any atom is -0.479 e. The molecule has 23 heavy (non-hydrogen) atoms. The number of rotatable bonds is 3. The van der Waals surface area contributed by atoms with Gasteiger partial charge in [0.2, 0.25) is 5.91 Å². The Bertz CT molecular complexity index is 746. The van der Waals surface area contributed by atoms with Crippen molar-refractivity contribution in [2.75, 3.05) is 17.3 Å². The lowest BCUT2D eigenvalue weighted by molar-refractivity contribution is -0.125. The second-order valence-corrected chi connectivity index (χ2v) is 5.43. The average molecular weight is 311 g/mol. The Labute approximate surface area is 134 Å². The molecule has 1 aliphatic rings. The number of nitrogens with one attached hydrogen (secondary N) is 1. The van der Waals surface area contributed by atoms with Crippen LogP contribution >= 0.6 is 0 Å². The number of fused-ring (bicyclic) bond motifs is 1. The summed E-state index contributed by atoms with van der Waals surface area (Å²) in [7, 11) is 1.70. The number of benzene rings is 1. The molecule has 0 bridgehead atoms. The number of ether oxygens (including phenoxy) is 1. The van der Waals surface area contributed by atoms with Gasteiger partial charge in [0.15, 0.2) is 6.10 Å². The van der Waals surface area contributed by atoms with Crippen LogP contribution in [-0.4, -0.2) is 29.9 Å². The molecule has 0 radical (unpaired) electrons. The van der Waals surface area contributed by atoms with Gasteiger partial charge in [-0.1, -0.05) is 6.07 Å². The molecule has 3 rings (SSSR count). The molecule has 2 heterocycles. The van der Waals surface area contributed by atoms with E-state index in [1.165, 1.54) is 0 Å². The van der Waals surface area contributed by atoms with Gasteiger partial charge in [-0.15, -0.1) is 0 Å². The first-order valence-electron chi connectivity index (χ1n) is 7.31. The minimum absolute atomic E-state index is 0.115. The van der Waals surface area contributed by atoms with Crippen LogP contribution in [0, 0.1) is 0 Å². The number of carbonyl (C=O) groups is 2. The maximum Gasteiger partial charge on any atom is 0.267 e. The Morgan fingerprint density at radius 2 is 2.22 bits per heavy atom. The molecule has 118 valence electrons. The van der Waals surface area contributed by atoms with E-state index in [4.69, 9.17) is 4.74 Å². The minimum atomic E-state index is -0.501. The van der Waals surface area contributed by atoms with E-state index in [9.17, 15) is 9.59 Å². The highest BCUT2D eigenvalue weighted by molar-refractivity contribution is 6.00. The van der Waals surface area contributed by atoms with Gasteiger partial charge >= 0.3 is 0 Å². The Hall–Kier alpha value is -2.89. The largest absolute Gasteiger partial charge is 0.479 e. The summed E-state index contributed by atoms with van der Waals surface area (Å²) in [6, 6.07) is 8.90. The first kappa shape index (κ1) is 15.0. The van der Waals surface area contributed by atoms with Crippen molar-refractivity contribution in [2.45, 2.75) is 19.4 Å². The van der Waals surface area contributed by atoms with E-state index in [0.717, 1.165) is 5.56 Å². The maximum atomic E-state index is 12.1. The van der Waals surface area contributed by atoms with Gasteiger partial charge < -0.3 is 15.0 Å². The van der Waals surface area contributed by atoms with Crippen LogP contribution in [0.3, 0.4) is 0 Å². The molecule has 1 aromatic heterocycles. The van der Waals surface area contributed by atoms with Gasteiger partial charge in [-0.3, -0.25) is 14.6 Å². The molecule has 0 saturated heterocycles. The highest BCUT2D eigenvalue weighted by Gasteiger charge is 2.29. The normalized spacial score (nSPS) is 16.5.